The zero-order valence-corrected chi connectivity index (χ0v) is 12.0. The normalized spacial score (nSPS) is 18.1. The Kier molecular flexibility index (Phi) is 4.83. The van der Waals surface area contributed by atoms with Crippen molar-refractivity contribution in [2.24, 2.45) is 5.41 Å². The summed E-state index contributed by atoms with van der Waals surface area (Å²) in [6.45, 7) is 3.52. The van der Waals surface area contributed by atoms with Crippen LogP contribution in [0, 0.1) is 5.41 Å². The Balaban J connectivity index is 1.92. The van der Waals surface area contributed by atoms with Crippen molar-refractivity contribution < 1.29 is 9.84 Å². The van der Waals surface area contributed by atoms with Gasteiger partial charge in [-0.3, -0.25) is 0 Å². The number of rotatable bonds is 8. The molecule has 0 spiro atoms. The number of hydrogen-bond acceptors (Lipinski definition) is 3. The first-order chi connectivity index (χ1) is 9.23. The Morgan fingerprint density at radius 2 is 2.00 bits per heavy atom. The highest BCUT2D eigenvalue weighted by Crippen LogP contribution is 2.48. The second kappa shape index (κ2) is 6.40. The molecule has 19 heavy (non-hydrogen) atoms. The topological polar surface area (TPSA) is 41.5 Å². The van der Waals surface area contributed by atoms with Crippen LogP contribution in [0.4, 0.5) is 0 Å². The molecule has 0 heterocycles. The number of methoxy groups -OCH3 is 1. The molecule has 1 aliphatic rings. The van der Waals surface area contributed by atoms with E-state index in [9.17, 15) is 0 Å². The minimum Gasteiger partial charge on any atom is -0.497 e. The molecule has 1 unspecified atom stereocenters. The molecule has 0 amide bonds. The predicted molar refractivity (Wildman–Crippen MR) is 77.4 cm³/mol. The molecular weight excluding hydrogens is 238 g/mol. The van der Waals surface area contributed by atoms with Crippen molar-refractivity contribution in [3.05, 3.63) is 29.8 Å². The van der Waals surface area contributed by atoms with Crippen molar-refractivity contribution in [1.29, 1.82) is 0 Å². The minimum atomic E-state index is 0.307. The summed E-state index contributed by atoms with van der Waals surface area (Å²) in [6.07, 6.45) is 4.50. The molecule has 3 heteroatoms. The monoisotopic (exact) mass is 263 g/mol. The van der Waals surface area contributed by atoms with Gasteiger partial charge in [-0.1, -0.05) is 19.1 Å². The van der Waals surface area contributed by atoms with Crippen molar-refractivity contribution in [3.8, 4) is 5.75 Å². The maximum atomic E-state index is 9.10. The fourth-order valence-corrected chi connectivity index (χ4v) is 2.60. The fourth-order valence-electron chi connectivity index (χ4n) is 2.60. The molecule has 0 bridgehead atoms. The largest absolute Gasteiger partial charge is 0.497 e. The summed E-state index contributed by atoms with van der Waals surface area (Å²) in [5, 5.41) is 12.8. The molecule has 0 radical (unpaired) electrons. The molecule has 1 aliphatic carbocycles. The number of hydrogen-bond donors (Lipinski definition) is 2. The predicted octanol–water partition coefficient (Wildman–Crippen LogP) is 2.90. The number of benzene rings is 1. The zero-order valence-electron chi connectivity index (χ0n) is 12.0. The van der Waals surface area contributed by atoms with Crippen molar-refractivity contribution >= 4 is 0 Å². The number of aliphatic hydroxyl groups is 1. The van der Waals surface area contributed by atoms with Crippen LogP contribution in [0.1, 0.15) is 44.2 Å². The van der Waals surface area contributed by atoms with Crippen molar-refractivity contribution in [3.63, 3.8) is 0 Å². The molecule has 2 N–H and O–H groups in total. The summed E-state index contributed by atoms with van der Waals surface area (Å²) < 4.78 is 5.19. The summed E-state index contributed by atoms with van der Waals surface area (Å²) in [6, 6.07) is 8.68. The molecule has 1 aromatic rings. The van der Waals surface area contributed by atoms with Crippen LogP contribution in [0.25, 0.3) is 0 Å². The van der Waals surface area contributed by atoms with Crippen LogP contribution in [-0.4, -0.2) is 25.4 Å². The minimum absolute atomic E-state index is 0.307. The summed E-state index contributed by atoms with van der Waals surface area (Å²) in [4.78, 5) is 0. The summed E-state index contributed by atoms with van der Waals surface area (Å²) in [5.41, 5.74) is 1.68. The number of ether oxygens (including phenoxy) is 1. The van der Waals surface area contributed by atoms with Crippen LogP contribution < -0.4 is 10.1 Å². The fraction of sp³-hybridized carbons (Fsp3) is 0.625. The van der Waals surface area contributed by atoms with E-state index in [2.05, 4.69) is 24.4 Å². The molecular formula is C16H25NO2. The number of nitrogens with one attached hydrogen (secondary N) is 1. The smallest absolute Gasteiger partial charge is 0.118 e. The van der Waals surface area contributed by atoms with E-state index in [1.165, 1.54) is 18.4 Å². The molecule has 106 valence electrons. The van der Waals surface area contributed by atoms with E-state index in [1.54, 1.807) is 7.11 Å². The van der Waals surface area contributed by atoms with Crippen molar-refractivity contribution in [2.45, 2.75) is 38.6 Å². The summed E-state index contributed by atoms with van der Waals surface area (Å²) >= 11 is 0. The van der Waals surface area contributed by atoms with Crippen molar-refractivity contribution in [2.75, 3.05) is 20.3 Å². The average molecular weight is 263 g/mol. The van der Waals surface area contributed by atoms with Crippen molar-refractivity contribution in [1.82, 2.24) is 5.32 Å². The van der Waals surface area contributed by atoms with E-state index >= 15 is 0 Å². The van der Waals surface area contributed by atoms with Crippen LogP contribution in [0.15, 0.2) is 24.3 Å². The van der Waals surface area contributed by atoms with E-state index in [0.717, 1.165) is 25.1 Å². The maximum absolute atomic E-state index is 9.10. The van der Waals surface area contributed by atoms with Gasteiger partial charge in [-0.05, 0) is 48.8 Å². The van der Waals surface area contributed by atoms with Gasteiger partial charge in [0.15, 0.2) is 0 Å². The summed E-state index contributed by atoms with van der Waals surface area (Å²) in [5.74, 6) is 0.901. The quantitative estimate of drug-likeness (QED) is 0.758. The van der Waals surface area contributed by atoms with E-state index in [1.807, 2.05) is 12.1 Å². The van der Waals surface area contributed by atoms with Gasteiger partial charge in [0, 0.05) is 19.2 Å². The average Bonchev–Trinajstić information content (AvgIpc) is 3.21. The molecule has 1 fully saturated rings. The van der Waals surface area contributed by atoms with Crippen LogP contribution in [-0.2, 0) is 0 Å². The van der Waals surface area contributed by atoms with E-state index in [0.29, 0.717) is 18.1 Å². The van der Waals surface area contributed by atoms with E-state index in [-0.39, 0.29) is 0 Å². The first-order valence-corrected chi connectivity index (χ1v) is 7.21. The van der Waals surface area contributed by atoms with Gasteiger partial charge in [-0.25, -0.2) is 0 Å². The molecule has 1 saturated carbocycles. The Hall–Kier alpha value is -1.06. The van der Waals surface area contributed by atoms with Gasteiger partial charge < -0.3 is 15.2 Å². The SMILES string of the molecule is CCC(NCC1(CCO)CC1)c1ccc(OC)cc1. The molecule has 0 aliphatic heterocycles. The molecule has 1 atom stereocenters. The third kappa shape index (κ3) is 3.71. The summed E-state index contributed by atoms with van der Waals surface area (Å²) in [7, 11) is 1.69. The number of aliphatic hydroxyl groups excluding tert-OH is 1. The highest BCUT2D eigenvalue weighted by atomic mass is 16.5. The Bertz CT molecular complexity index is 384. The van der Waals surface area contributed by atoms with E-state index < -0.39 is 0 Å². The third-order valence-corrected chi connectivity index (χ3v) is 4.25. The lowest BCUT2D eigenvalue weighted by atomic mass is 10.00. The Labute approximate surface area is 116 Å². The lowest BCUT2D eigenvalue weighted by molar-refractivity contribution is 0.241. The molecule has 2 rings (SSSR count). The second-order valence-corrected chi connectivity index (χ2v) is 5.59. The van der Waals surface area contributed by atoms with Crippen LogP contribution in [0.3, 0.4) is 0 Å². The first-order valence-electron chi connectivity index (χ1n) is 7.21. The van der Waals surface area contributed by atoms with Crippen LogP contribution >= 0.6 is 0 Å². The van der Waals surface area contributed by atoms with Gasteiger partial charge in [0.2, 0.25) is 0 Å². The lowest BCUT2D eigenvalue weighted by Gasteiger charge is -2.22. The highest BCUT2D eigenvalue weighted by Gasteiger charge is 2.41. The third-order valence-electron chi connectivity index (χ3n) is 4.25. The zero-order chi connectivity index (χ0) is 13.7. The second-order valence-electron chi connectivity index (χ2n) is 5.59. The molecule has 0 saturated heterocycles. The Morgan fingerprint density at radius 1 is 1.32 bits per heavy atom. The van der Waals surface area contributed by atoms with E-state index in [4.69, 9.17) is 9.84 Å². The standard InChI is InChI=1S/C16H25NO2/c1-3-15(13-4-6-14(19-2)7-5-13)17-12-16(8-9-16)10-11-18/h4-7,15,17-18H,3,8-12H2,1-2H3. The highest BCUT2D eigenvalue weighted by molar-refractivity contribution is 5.29. The molecule has 3 nitrogen and oxygen atoms in total. The maximum Gasteiger partial charge on any atom is 0.118 e. The van der Waals surface area contributed by atoms with Crippen LogP contribution in [0.2, 0.25) is 0 Å². The lowest BCUT2D eigenvalue weighted by Crippen LogP contribution is -2.28. The van der Waals surface area contributed by atoms with Gasteiger partial charge in [0.05, 0.1) is 7.11 Å². The van der Waals surface area contributed by atoms with Gasteiger partial charge in [-0.2, -0.15) is 0 Å². The molecule has 1 aromatic carbocycles. The Morgan fingerprint density at radius 3 is 2.47 bits per heavy atom. The first kappa shape index (κ1) is 14.4. The molecule has 0 aromatic heterocycles. The van der Waals surface area contributed by atoms with Gasteiger partial charge in [0.1, 0.15) is 5.75 Å². The van der Waals surface area contributed by atoms with Gasteiger partial charge in [-0.15, -0.1) is 0 Å². The van der Waals surface area contributed by atoms with Gasteiger partial charge >= 0.3 is 0 Å². The van der Waals surface area contributed by atoms with Crippen LogP contribution in [0.5, 0.6) is 5.75 Å². The van der Waals surface area contributed by atoms with Gasteiger partial charge in [0.25, 0.3) is 0 Å².